The standard InChI is InChI=1S/C23H28ClFN4O4/c24-17-3-6-20(19(13-17)28-22(26)32)33-15-21(31)29-10-7-23(8-11-29,27-9-12-30)14-16-1-4-18(25)5-2-16/h1-6,13,27,30H,7-12,14-15H2,(H3,26,28,32). The van der Waals surface area contributed by atoms with Crippen LogP contribution in [0.15, 0.2) is 42.5 Å². The van der Waals surface area contributed by atoms with Gasteiger partial charge in [0.05, 0.1) is 12.3 Å². The lowest BCUT2D eigenvalue weighted by Gasteiger charge is -2.43. The Kier molecular flexibility index (Phi) is 8.49. The Morgan fingerprint density at radius 3 is 2.52 bits per heavy atom. The van der Waals surface area contributed by atoms with E-state index in [0.717, 1.165) is 5.56 Å². The number of nitrogens with one attached hydrogen (secondary N) is 2. The van der Waals surface area contributed by atoms with Gasteiger partial charge in [-0.25, -0.2) is 9.18 Å². The van der Waals surface area contributed by atoms with Crippen LogP contribution in [0.25, 0.3) is 0 Å². The van der Waals surface area contributed by atoms with Crippen molar-refractivity contribution in [3.8, 4) is 5.75 Å². The second kappa shape index (κ2) is 11.3. The average Bonchev–Trinajstić information content (AvgIpc) is 2.79. The quantitative estimate of drug-likeness (QED) is 0.442. The molecule has 8 nitrogen and oxygen atoms in total. The zero-order valence-electron chi connectivity index (χ0n) is 18.2. The molecule has 10 heteroatoms. The number of aliphatic hydroxyl groups excluding tert-OH is 1. The first-order chi connectivity index (χ1) is 15.8. The van der Waals surface area contributed by atoms with Crippen molar-refractivity contribution in [3.63, 3.8) is 0 Å². The van der Waals surface area contributed by atoms with Crippen molar-refractivity contribution in [3.05, 3.63) is 58.9 Å². The Morgan fingerprint density at radius 2 is 1.88 bits per heavy atom. The summed E-state index contributed by atoms with van der Waals surface area (Å²) in [5, 5.41) is 15.5. The fourth-order valence-electron chi connectivity index (χ4n) is 4.00. The summed E-state index contributed by atoms with van der Waals surface area (Å²) in [5.74, 6) is -0.183. The summed E-state index contributed by atoms with van der Waals surface area (Å²) in [6, 6.07) is 10.3. The van der Waals surface area contributed by atoms with Gasteiger partial charge in [-0.1, -0.05) is 23.7 Å². The third-order valence-corrected chi connectivity index (χ3v) is 5.93. The molecule has 0 saturated carbocycles. The lowest BCUT2D eigenvalue weighted by atomic mass is 9.81. The lowest BCUT2D eigenvalue weighted by Crippen LogP contribution is -2.56. The Bertz CT molecular complexity index is 965. The highest BCUT2D eigenvalue weighted by Crippen LogP contribution is 2.29. The molecule has 1 aliphatic heterocycles. The first kappa shape index (κ1) is 24.8. The maximum atomic E-state index is 13.3. The molecule has 1 heterocycles. The Balaban J connectivity index is 1.59. The molecule has 0 spiro atoms. The van der Waals surface area contributed by atoms with Crippen molar-refractivity contribution >= 4 is 29.2 Å². The molecule has 0 aromatic heterocycles. The number of nitrogens with zero attached hydrogens (tertiary/aromatic N) is 1. The fourth-order valence-corrected chi connectivity index (χ4v) is 4.18. The summed E-state index contributed by atoms with van der Waals surface area (Å²) in [5.41, 5.74) is 6.15. The van der Waals surface area contributed by atoms with Crippen LogP contribution in [0.1, 0.15) is 18.4 Å². The number of likely N-dealkylation sites (tertiary alicyclic amines) is 1. The van der Waals surface area contributed by atoms with Gasteiger partial charge in [0.15, 0.2) is 6.61 Å². The molecule has 0 unspecified atom stereocenters. The molecular formula is C23H28ClFN4O4. The number of anilines is 1. The maximum absolute atomic E-state index is 13.3. The molecule has 178 valence electrons. The third kappa shape index (κ3) is 7.05. The van der Waals surface area contributed by atoms with E-state index in [1.165, 1.54) is 18.2 Å². The average molecular weight is 479 g/mol. The van der Waals surface area contributed by atoms with Crippen LogP contribution in [0, 0.1) is 5.82 Å². The van der Waals surface area contributed by atoms with Crippen molar-refractivity contribution in [1.29, 1.82) is 0 Å². The van der Waals surface area contributed by atoms with Crippen LogP contribution >= 0.6 is 11.6 Å². The maximum Gasteiger partial charge on any atom is 0.316 e. The molecule has 3 amide bonds. The number of carbonyl (C=O) groups is 2. The van der Waals surface area contributed by atoms with E-state index in [-0.39, 0.29) is 36.2 Å². The SMILES string of the molecule is NC(=O)Nc1cc(Cl)ccc1OCC(=O)N1CCC(Cc2ccc(F)cc2)(NCCO)CC1. The van der Waals surface area contributed by atoms with E-state index < -0.39 is 6.03 Å². The van der Waals surface area contributed by atoms with Crippen molar-refractivity contribution in [2.75, 3.05) is 38.2 Å². The number of hydrogen-bond donors (Lipinski definition) is 4. The van der Waals surface area contributed by atoms with E-state index in [9.17, 15) is 19.1 Å². The van der Waals surface area contributed by atoms with Crippen LogP contribution in [0.5, 0.6) is 5.75 Å². The summed E-state index contributed by atoms with van der Waals surface area (Å²) in [4.78, 5) is 25.7. The molecule has 3 rings (SSSR count). The first-order valence-electron chi connectivity index (χ1n) is 10.7. The molecule has 0 radical (unpaired) electrons. The predicted octanol–water partition coefficient (Wildman–Crippen LogP) is 2.53. The molecule has 33 heavy (non-hydrogen) atoms. The number of rotatable bonds is 9. The van der Waals surface area contributed by atoms with Crippen LogP contribution < -0.4 is 21.1 Å². The number of piperidine rings is 1. The molecule has 2 aromatic carbocycles. The van der Waals surface area contributed by atoms with Crippen LogP contribution in [0.2, 0.25) is 5.02 Å². The molecule has 1 saturated heterocycles. The van der Waals surface area contributed by atoms with Gasteiger partial charge in [0, 0.05) is 30.2 Å². The monoisotopic (exact) mass is 478 g/mol. The molecule has 1 aliphatic rings. The van der Waals surface area contributed by atoms with Crippen LogP contribution in [-0.4, -0.2) is 60.3 Å². The van der Waals surface area contributed by atoms with E-state index in [4.69, 9.17) is 22.1 Å². The van der Waals surface area contributed by atoms with E-state index >= 15 is 0 Å². The summed E-state index contributed by atoms with van der Waals surface area (Å²) in [7, 11) is 0. The van der Waals surface area contributed by atoms with Crippen LogP contribution in [0.3, 0.4) is 0 Å². The highest BCUT2D eigenvalue weighted by atomic mass is 35.5. The number of β-amino-alcohol motifs (C(OH)–C–C–N with tert-alkyl or cyclic N) is 1. The largest absolute Gasteiger partial charge is 0.482 e. The summed E-state index contributed by atoms with van der Waals surface area (Å²) < 4.78 is 18.9. The van der Waals surface area contributed by atoms with Gasteiger partial charge in [-0.15, -0.1) is 0 Å². The van der Waals surface area contributed by atoms with Gasteiger partial charge in [-0.3, -0.25) is 4.79 Å². The molecular weight excluding hydrogens is 451 g/mol. The first-order valence-corrected chi connectivity index (χ1v) is 11.0. The number of ether oxygens (including phenoxy) is 1. The van der Waals surface area contributed by atoms with Crippen molar-refractivity contribution in [2.45, 2.75) is 24.8 Å². The lowest BCUT2D eigenvalue weighted by molar-refractivity contribution is -0.135. The number of nitrogens with two attached hydrogens (primary N) is 1. The minimum atomic E-state index is -0.766. The van der Waals surface area contributed by atoms with Crippen LogP contribution in [0.4, 0.5) is 14.9 Å². The van der Waals surface area contributed by atoms with Gasteiger partial charge >= 0.3 is 6.03 Å². The second-order valence-corrected chi connectivity index (χ2v) is 8.47. The van der Waals surface area contributed by atoms with Crippen molar-refractivity contribution < 1.29 is 23.8 Å². The van der Waals surface area contributed by atoms with Gasteiger partial charge in [-0.05, 0) is 55.2 Å². The topological polar surface area (TPSA) is 117 Å². The third-order valence-electron chi connectivity index (χ3n) is 5.69. The van der Waals surface area contributed by atoms with Crippen molar-refractivity contribution in [1.82, 2.24) is 10.2 Å². The number of primary amides is 1. The second-order valence-electron chi connectivity index (χ2n) is 8.03. The molecule has 2 aromatic rings. The number of amides is 3. The zero-order chi connectivity index (χ0) is 23.8. The van der Waals surface area contributed by atoms with Gasteiger partial charge < -0.3 is 31.1 Å². The van der Waals surface area contributed by atoms with E-state index in [1.807, 2.05) is 0 Å². The number of carbonyl (C=O) groups excluding carboxylic acids is 2. The summed E-state index contributed by atoms with van der Waals surface area (Å²) >= 11 is 5.95. The predicted molar refractivity (Wildman–Crippen MR) is 124 cm³/mol. The van der Waals surface area contributed by atoms with E-state index in [2.05, 4.69) is 10.6 Å². The normalized spacial score (nSPS) is 15.2. The minimum Gasteiger partial charge on any atom is -0.482 e. The molecule has 0 atom stereocenters. The van der Waals surface area contributed by atoms with E-state index in [0.29, 0.717) is 49.7 Å². The smallest absolute Gasteiger partial charge is 0.316 e. The van der Waals surface area contributed by atoms with E-state index in [1.54, 1.807) is 29.2 Å². The minimum absolute atomic E-state index is 0.00438. The van der Waals surface area contributed by atoms with Crippen LogP contribution in [-0.2, 0) is 11.2 Å². The number of aliphatic hydroxyl groups is 1. The molecule has 1 fully saturated rings. The Hall–Kier alpha value is -2.88. The van der Waals surface area contributed by atoms with Crippen molar-refractivity contribution in [2.24, 2.45) is 5.73 Å². The Labute approximate surface area is 196 Å². The molecule has 0 aliphatic carbocycles. The Morgan fingerprint density at radius 1 is 1.18 bits per heavy atom. The van der Waals surface area contributed by atoms with Gasteiger partial charge in [0.25, 0.3) is 5.91 Å². The highest BCUT2D eigenvalue weighted by Gasteiger charge is 2.35. The van der Waals surface area contributed by atoms with Gasteiger partial charge in [0.2, 0.25) is 0 Å². The molecule has 0 bridgehead atoms. The fraction of sp³-hybridized carbons (Fsp3) is 0.391. The zero-order valence-corrected chi connectivity index (χ0v) is 18.9. The van der Waals surface area contributed by atoms with Gasteiger partial charge in [-0.2, -0.15) is 0 Å². The summed E-state index contributed by atoms with van der Waals surface area (Å²) in [6.45, 7) is 1.25. The molecule has 5 N–H and O–H groups in total. The number of hydrogen-bond acceptors (Lipinski definition) is 5. The number of halogens is 2. The number of urea groups is 1. The van der Waals surface area contributed by atoms with Gasteiger partial charge in [0.1, 0.15) is 11.6 Å². The highest BCUT2D eigenvalue weighted by molar-refractivity contribution is 6.31. The summed E-state index contributed by atoms with van der Waals surface area (Å²) in [6.07, 6.45) is 2.01. The number of benzene rings is 2.